The summed E-state index contributed by atoms with van der Waals surface area (Å²) < 4.78 is 3.11. The summed E-state index contributed by atoms with van der Waals surface area (Å²) in [5.74, 6) is 1.51. The summed E-state index contributed by atoms with van der Waals surface area (Å²) >= 11 is 9.75. The van der Waals surface area contributed by atoms with Crippen LogP contribution in [-0.2, 0) is 0 Å². The maximum absolute atomic E-state index is 6.17. The average Bonchev–Trinajstić information content (AvgIpc) is 3.09. The lowest BCUT2D eigenvalue weighted by Gasteiger charge is -2.11. The van der Waals surface area contributed by atoms with Crippen molar-refractivity contribution >= 4 is 27.5 Å². The average molecular weight is 327 g/mol. The highest BCUT2D eigenvalue weighted by Crippen LogP contribution is 2.41. The van der Waals surface area contributed by atoms with Crippen molar-refractivity contribution in [1.29, 1.82) is 0 Å². The molecule has 0 radical (unpaired) electrons. The zero-order valence-corrected chi connectivity index (χ0v) is 12.6. The lowest BCUT2D eigenvalue weighted by atomic mass is 10.1. The second kappa shape index (κ2) is 4.35. The number of hydrogen-bond donors (Lipinski definition) is 0. The van der Waals surface area contributed by atoms with Gasteiger partial charge in [0.25, 0.3) is 0 Å². The van der Waals surface area contributed by atoms with Crippen LogP contribution in [0.25, 0.3) is 5.69 Å². The van der Waals surface area contributed by atoms with Crippen LogP contribution in [0.15, 0.2) is 16.6 Å². The molecule has 0 spiro atoms. The molecule has 5 heteroatoms. The van der Waals surface area contributed by atoms with Gasteiger partial charge in [0.15, 0.2) is 0 Å². The van der Waals surface area contributed by atoms with E-state index in [4.69, 9.17) is 11.6 Å². The van der Waals surface area contributed by atoms with E-state index >= 15 is 0 Å². The van der Waals surface area contributed by atoms with E-state index in [1.165, 1.54) is 24.0 Å². The Balaban J connectivity index is 2.17. The Bertz CT molecular complexity index is 594. The molecule has 3 nitrogen and oxygen atoms in total. The van der Waals surface area contributed by atoms with Crippen LogP contribution >= 0.6 is 27.5 Å². The van der Waals surface area contributed by atoms with Crippen molar-refractivity contribution in [3.05, 3.63) is 38.8 Å². The van der Waals surface area contributed by atoms with Crippen LogP contribution in [0.1, 0.15) is 35.7 Å². The van der Waals surface area contributed by atoms with Gasteiger partial charge in [0, 0.05) is 10.4 Å². The van der Waals surface area contributed by atoms with Crippen molar-refractivity contribution in [2.24, 2.45) is 0 Å². The second-order valence-corrected chi connectivity index (χ2v) is 5.96. The number of aromatic nitrogens is 3. The number of nitrogens with zero attached hydrogens (tertiary/aromatic N) is 3. The fraction of sp³-hybridized carbons (Fsp3) is 0.385. The summed E-state index contributed by atoms with van der Waals surface area (Å²) in [7, 11) is 0. The Morgan fingerprint density at radius 3 is 2.39 bits per heavy atom. The van der Waals surface area contributed by atoms with Crippen molar-refractivity contribution in [2.75, 3.05) is 0 Å². The molecule has 1 saturated carbocycles. The van der Waals surface area contributed by atoms with Gasteiger partial charge >= 0.3 is 0 Å². The van der Waals surface area contributed by atoms with Gasteiger partial charge in [-0.2, -0.15) is 0 Å². The van der Waals surface area contributed by atoms with Gasteiger partial charge in [-0.1, -0.05) is 15.9 Å². The van der Waals surface area contributed by atoms with Crippen LogP contribution < -0.4 is 0 Å². The van der Waals surface area contributed by atoms with Gasteiger partial charge in [0.2, 0.25) is 5.28 Å². The smallest absolute Gasteiger partial charge is 0.229 e. The molecule has 94 valence electrons. The highest BCUT2D eigenvalue weighted by molar-refractivity contribution is 9.10. The number of benzene rings is 1. The Kier molecular flexibility index (Phi) is 2.94. The molecular formula is C13H13BrClN3. The summed E-state index contributed by atoms with van der Waals surface area (Å²) in [6.07, 6.45) is 2.37. The topological polar surface area (TPSA) is 30.7 Å². The minimum absolute atomic E-state index is 0.443. The van der Waals surface area contributed by atoms with Crippen LogP contribution in [0.3, 0.4) is 0 Å². The molecule has 3 rings (SSSR count). The van der Waals surface area contributed by atoms with E-state index in [2.05, 4.69) is 52.1 Å². The van der Waals surface area contributed by atoms with Crippen LogP contribution in [0.2, 0.25) is 5.28 Å². The van der Waals surface area contributed by atoms with Crippen molar-refractivity contribution in [3.8, 4) is 5.69 Å². The van der Waals surface area contributed by atoms with Gasteiger partial charge in [0.1, 0.15) is 5.82 Å². The Morgan fingerprint density at radius 2 is 1.83 bits per heavy atom. The maximum atomic E-state index is 6.17. The molecule has 1 fully saturated rings. The monoisotopic (exact) mass is 325 g/mol. The number of halogens is 2. The van der Waals surface area contributed by atoms with E-state index in [-0.39, 0.29) is 0 Å². The highest BCUT2D eigenvalue weighted by atomic mass is 79.9. The molecule has 0 amide bonds. The molecule has 1 aliphatic rings. The van der Waals surface area contributed by atoms with Gasteiger partial charge in [-0.25, -0.2) is 0 Å². The number of hydrogen-bond acceptors (Lipinski definition) is 2. The lowest BCUT2D eigenvalue weighted by Crippen LogP contribution is -2.01. The minimum Gasteiger partial charge on any atom is -0.270 e. The largest absolute Gasteiger partial charge is 0.270 e. The molecular weight excluding hydrogens is 314 g/mol. The predicted octanol–water partition coefficient (Wildman–Crippen LogP) is 4.18. The van der Waals surface area contributed by atoms with Crippen LogP contribution in [0.4, 0.5) is 0 Å². The lowest BCUT2D eigenvalue weighted by molar-refractivity contribution is 0.870. The molecule has 0 bridgehead atoms. The third-order valence-electron chi connectivity index (χ3n) is 3.27. The number of aryl methyl sites for hydroxylation is 2. The van der Waals surface area contributed by atoms with Crippen LogP contribution in [-0.4, -0.2) is 14.8 Å². The van der Waals surface area contributed by atoms with Gasteiger partial charge < -0.3 is 0 Å². The summed E-state index contributed by atoms with van der Waals surface area (Å²) in [4.78, 5) is 0. The molecule has 0 aliphatic heterocycles. The summed E-state index contributed by atoms with van der Waals surface area (Å²) in [6, 6.07) is 4.22. The molecule has 0 N–H and O–H groups in total. The van der Waals surface area contributed by atoms with Crippen molar-refractivity contribution in [3.63, 3.8) is 0 Å². The zero-order valence-electron chi connectivity index (χ0n) is 10.2. The minimum atomic E-state index is 0.443. The SMILES string of the molecule is Cc1cc(-n2c(Cl)nnc2C2CC2)cc(C)c1Br. The second-order valence-electron chi connectivity index (χ2n) is 4.83. The first-order valence-corrected chi connectivity index (χ1v) is 7.13. The van der Waals surface area contributed by atoms with Gasteiger partial charge in [-0.3, -0.25) is 4.57 Å². The third-order valence-corrected chi connectivity index (χ3v) is 4.77. The molecule has 0 unspecified atom stereocenters. The van der Waals surface area contributed by atoms with E-state index in [1.54, 1.807) is 0 Å². The first kappa shape index (κ1) is 12.2. The maximum Gasteiger partial charge on any atom is 0.229 e. The molecule has 2 aromatic rings. The zero-order chi connectivity index (χ0) is 12.9. The molecule has 1 aromatic heterocycles. The quantitative estimate of drug-likeness (QED) is 0.829. The van der Waals surface area contributed by atoms with Gasteiger partial charge in [-0.15, -0.1) is 10.2 Å². The highest BCUT2D eigenvalue weighted by Gasteiger charge is 2.30. The first-order chi connectivity index (χ1) is 8.58. The summed E-state index contributed by atoms with van der Waals surface area (Å²) in [5, 5.41) is 8.65. The fourth-order valence-corrected chi connectivity index (χ4v) is 2.62. The Morgan fingerprint density at radius 1 is 1.22 bits per heavy atom. The van der Waals surface area contributed by atoms with Crippen LogP contribution in [0, 0.1) is 13.8 Å². The first-order valence-electron chi connectivity index (χ1n) is 5.96. The van der Waals surface area contributed by atoms with Crippen molar-refractivity contribution in [2.45, 2.75) is 32.6 Å². The van der Waals surface area contributed by atoms with E-state index < -0.39 is 0 Å². The standard InChI is InChI=1S/C13H13BrClN3/c1-7-5-10(6-8(2)11(7)14)18-12(9-3-4-9)16-17-13(18)15/h5-6,9H,3-4H2,1-2H3. The normalized spacial score (nSPS) is 15.1. The summed E-state index contributed by atoms with van der Waals surface area (Å²) in [6.45, 7) is 4.16. The number of rotatable bonds is 2. The van der Waals surface area contributed by atoms with Crippen molar-refractivity contribution in [1.82, 2.24) is 14.8 Å². The Hall–Kier alpha value is -0.870. The van der Waals surface area contributed by atoms with E-state index in [0.717, 1.165) is 16.0 Å². The summed E-state index contributed by atoms with van der Waals surface area (Å²) in [5.41, 5.74) is 3.43. The Labute approximate surface area is 119 Å². The molecule has 1 aliphatic carbocycles. The van der Waals surface area contributed by atoms with E-state index in [9.17, 15) is 0 Å². The van der Waals surface area contributed by atoms with Gasteiger partial charge in [-0.05, 0) is 61.5 Å². The van der Waals surface area contributed by atoms with Crippen molar-refractivity contribution < 1.29 is 0 Å². The molecule has 0 saturated heterocycles. The molecule has 0 atom stereocenters. The van der Waals surface area contributed by atoms with E-state index in [1.807, 2.05) is 4.57 Å². The third kappa shape index (κ3) is 1.97. The van der Waals surface area contributed by atoms with Gasteiger partial charge in [0.05, 0.1) is 5.69 Å². The molecule has 1 heterocycles. The fourth-order valence-electron chi connectivity index (χ4n) is 2.17. The van der Waals surface area contributed by atoms with Crippen LogP contribution in [0.5, 0.6) is 0 Å². The molecule has 18 heavy (non-hydrogen) atoms. The predicted molar refractivity (Wildman–Crippen MR) is 75.5 cm³/mol. The van der Waals surface area contributed by atoms with E-state index in [0.29, 0.717) is 11.2 Å². The molecule has 1 aromatic carbocycles.